The molecule has 0 atom stereocenters. The average molecular weight is 564 g/mol. The lowest BCUT2D eigenvalue weighted by Gasteiger charge is -2.44. The van der Waals surface area contributed by atoms with E-state index < -0.39 is 65.7 Å². The third-order valence-electron chi connectivity index (χ3n) is 3.78. The number of rotatable bonds is 10. The molecule has 0 aliphatic heterocycles. The summed E-state index contributed by atoms with van der Waals surface area (Å²) in [5.74, 6) is -82.4. The molecule has 34 heavy (non-hydrogen) atoms. The van der Waals surface area contributed by atoms with Crippen molar-refractivity contribution in [2.75, 3.05) is 0 Å². The summed E-state index contributed by atoms with van der Waals surface area (Å²) in [6, 6.07) is 0. The number of halogens is 21. The van der Waals surface area contributed by atoms with Gasteiger partial charge >= 0.3 is 65.7 Å². The molecule has 0 spiro atoms. The maximum absolute atomic E-state index is 13.3. The monoisotopic (exact) mass is 564 g/mol. The lowest BCUT2D eigenvalue weighted by atomic mass is 9.86. The van der Waals surface area contributed by atoms with Gasteiger partial charge in [0.05, 0.1) is 0 Å². The minimum atomic E-state index is -9.20. The van der Waals surface area contributed by atoms with Crippen LogP contribution in [0.1, 0.15) is 0 Å². The summed E-state index contributed by atoms with van der Waals surface area (Å²) in [6.07, 6.45) is -6.16. The molecule has 0 amide bonds. The van der Waals surface area contributed by atoms with Gasteiger partial charge in [0.25, 0.3) is 0 Å². The Kier molecular flexibility index (Phi) is 7.54. The second-order valence-corrected chi connectivity index (χ2v) is 5.88. The standard InChI is InChI=1S/C11HF21O2/c12-1(13)3(14,15)5(18,19)7(22,23)9(26,27)11(30,31)10(28,29)8(24,25)6(20,21)4(16,17)2(33)34-32/h1H. The molecular weight excluding hydrogens is 563 g/mol. The first-order valence-corrected chi connectivity index (χ1v) is 6.94. The van der Waals surface area contributed by atoms with E-state index >= 15 is 0 Å². The molecule has 0 aliphatic carbocycles. The van der Waals surface area contributed by atoms with Crippen LogP contribution in [-0.4, -0.2) is 65.7 Å². The molecule has 0 rings (SSSR count). The van der Waals surface area contributed by atoms with Gasteiger partial charge in [-0.25, -0.2) is 18.5 Å². The zero-order chi connectivity index (χ0) is 28.4. The Labute approximate surface area is 169 Å². The minimum Gasteiger partial charge on any atom is -0.248 e. The summed E-state index contributed by atoms with van der Waals surface area (Å²) in [5, 5.41) is 0. The van der Waals surface area contributed by atoms with Gasteiger partial charge in [0, 0.05) is 4.53 Å². The highest BCUT2D eigenvalue weighted by Gasteiger charge is 2.97. The van der Waals surface area contributed by atoms with Gasteiger partial charge in [0.1, 0.15) is 0 Å². The summed E-state index contributed by atoms with van der Waals surface area (Å²) in [4.78, 5) is 11.3. The first-order chi connectivity index (χ1) is 14.4. The highest BCUT2D eigenvalue weighted by Crippen LogP contribution is 2.65. The molecule has 0 heterocycles. The zero-order valence-electron chi connectivity index (χ0n) is 14.3. The van der Waals surface area contributed by atoms with E-state index in [1.165, 1.54) is 4.94 Å². The fraction of sp³-hybridized carbons (Fsp3) is 0.909. The zero-order valence-corrected chi connectivity index (χ0v) is 14.3. The SMILES string of the molecule is O=C(OF)C(F)(F)C(F)(F)C(F)(F)C(F)(F)C(F)(F)C(F)(F)C(F)(F)C(F)(F)C(F)(F)C(F)F. The molecule has 0 bridgehead atoms. The molecule has 0 unspecified atom stereocenters. The van der Waals surface area contributed by atoms with E-state index in [0.717, 1.165) is 0 Å². The molecular formula is C11HF21O2. The van der Waals surface area contributed by atoms with Crippen LogP contribution in [0.15, 0.2) is 0 Å². The Morgan fingerprint density at radius 2 is 0.706 bits per heavy atom. The lowest BCUT2D eigenvalue weighted by Crippen LogP contribution is -2.76. The van der Waals surface area contributed by atoms with Gasteiger partial charge in [0.15, 0.2) is 0 Å². The molecule has 2 nitrogen and oxygen atoms in total. The van der Waals surface area contributed by atoms with E-state index in [9.17, 15) is 97.1 Å². The minimum absolute atomic E-state index is 1.26. The molecule has 0 radical (unpaired) electrons. The van der Waals surface area contributed by atoms with E-state index in [-0.39, 0.29) is 0 Å². The number of hydrogen-bond donors (Lipinski definition) is 0. The number of carbonyl (C=O) groups is 1. The molecule has 0 saturated carbocycles. The number of hydrogen-bond acceptors (Lipinski definition) is 2. The van der Waals surface area contributed by atoms with E-state index in [0.29, 0.717) is 0 Å². The highest BCUT2D eigenvalue weighted by molar-refractivity contribution is 5.78. The fourth-order valence-corrected chi connectivity index (χ4v) is 1.71. The maximum atomic E-state index is 13.3. The van der Waals surface area contributed by atoms with Crippen LogP contribution in [0.3, 0.4) is 0 Å². The second-order valence-electron chi connectivity index (χ2n) is 5.88. The van der Waals surface area contributed by atoms with Crippen LogP contribution in [0.4, 0.5) is 92.3 Å². The summed E-state index contributed by atoms with van der Waals surface area (Å²) in [6.45, 7) is 0. The third-order valence-corrected chi connectivity index (χ3v) is 3.78. The van der Waals surface area contributed by atoms with Gasteiger partial charge < -0.3 is 0 Å². The van der Waals surface area contributed by atoms with Crippen LogP contribution < -0.4 is 0 Å². The maximum Gasteiger partial charge on any atom is 0.424 e. The Morgan fingerprint density at radius 3 is 0.941 bits per heavy atom. The van der Waals surface area contributed by atoms with Crippen molar-refractivity contribution in [2.24, 2.45) is 0 Å². The molecule has 204 valence electrons. The summed E-state index contributed by atoms with van der Waals surface area (Å²) in [5.41, 5.74) is 0. The van der Waals surface area contributed by atoms with Gasteiger partial charge in [-0.05, 0) is 0 Å². The van der Waals surface area contributed by atoms with Crippen LogP contribution in [0.25, 0.3) is 0 Å². The smallest absolute Gasteiger partial charge is 0.248 e. The van der Waals surface area contributed by atoms with Crippen molar-refractivity contribution in [3.05, 3.63) is 0 Å². The van der Waals surface area contributed by atoms with Crippen molar-refractivity contribution in [2.45, 2.75) is 59.7 Å². The van der Waals surface area contributed by atoms with Gasteiger partial charge in [0.2, 0.25) is 0 Å². The third kappa shape index (κ3) is 3.58. The average Bonchev–Trinajstić information content (AvgIpc) is 2.65. The Bertz CT molecular complexity index is 767. The topological polar surface area (TPSA) is 26.3 Å². The fourth-order valence-electron chi connectivity index (χ4n) is 1.71. The lowest BCUT2D eigenvalue weighted by molar-refractivity contribution is -0.464. The van der Waals surface area contributed by atoms with Crippen molar-refractivity contribution in [1.29, 1.82) is 0 Å². The molecule has 0 aromatic rings. The van der Waals surface area contributed by atoms with Crippen molar-refractivity contribution < 1.29 is 102 Å². The van der Waals surface area contributed by atoms with Crippen molar-refractivity contribution in [3.63, 3.8) is 0 Å². The Morgan fingerprint density at radius 1 is 0.471 bits per heavy atom. The molecule has 0 fully saturated rings. The molecule has 0 aliphatic rings. The predicted octanol–water partition coefficient (Wildman–Crippen LogP) is 6.40. The first-order valence-electron chi connectivity index (χ1n) is 6.94. The van der Waals surface area contributed by atoms with E-state index in [2.05, 4.69) is 0 Å². The highest BCUT2D eigenvalue weighted by atomic mass is 19.4. The Balaban J connectivity index is 7.04. The molecule has 0 N–H and O–H groups in total. The van der Waals surface area contributed by atoms with Gasteiger partial charge in [-0.3, -0.25) is 0 Å². The molecule has 0 aromatic heterocycles. The summed E-state index contributed by atoms with van der Waals surface area (Å²) in [7, 11) is 0. The van der Waals surface area contributed by atoms with Crippen molar-refractivity contribution in [1.82, 2.24) is 0 Å². The normalized spacial score (nSPS) is 16.2. The summed E-state index contributed by atoms with van der Waals surface area (Å²) < 4.78 is 270. The van der Waals surface area contributed by atoms with E-state index in [1.807, 2.05) is 0 Å². The Hall–Kier alpha value is -2.00. The summed E-state index contributed by atoms with van der Waals surface area (Å²) >= 11 is 0. The first kappa shape index (κ1) is 32.0. The van der Waals surface area contributed by atoms with Crippen LogP contribution in [0.2, 0.25) is 0 Å². The van der Waals surface area contributed by atoms with E-state index in [4.69, 9.17) is 0 Å². The molecule has 23 heteroatoms. The van der Waals surface area contributed by atoms with Crippen molar-refractivity contribution >= 4 is 5.97 Å². The molecule has 0 aromatic carbocycles. The number of carbonyl (C=O) groups excluding carboxylic acids is 1. The molecule has 0 saturated heterocycles. The van der Waals surface area contributed by atoms with Crippen molar-refractivity contribution in [3.8, 4) is 0 Å². The van der Waals surface area contributed by atoms with Gasteiger partial charge in [-0.2, -0.15) is 79.0 Å². The second kappa shape index (κ2) is 8.01. The van der Waals surface area contributed by atoms with E-state index in [1.54, 1.807) is 0 Å². The van der Waals surface area contributed by atoms with Crippen LogP contribution in [0.5, 0.6) is 0 Å². The van der Waals surface area contributed by atoms with Gasteiger partial charge in [-0.15, -0.1) is 0 Å². The number of alkyl halides is 20. The van der Waals surface area contributed by atoms with Crippen LogP contribution in [0, 0.1) is 0 Å². The van der Waals surface area contributed by atoms with Gasteiger partial charge in [-0.1, -0.05) is 0 Å². The van der Waals surface area contributed by atoms with Crippen LogP contribution >= 0.6 is 0 Å². The van der Waals surface area contributed by atoms with Crippen LogP contribution in [-0.2, 0) is 9.74 Å². The quantitative estimate of drug-likeness (QED) is 0.288. The largest absolute Gasteiger partial charge is 0.424 e. The predicted molar refractivity (Wildman–Crippen MR) is 57.7 cm³/mol.